The number of aryl methyl sites for hydroxylation is 2. The van der Waals surface area contributed by atoms with Crippen molar-refractivity contribution in [2.24, 2.45) is 0 Å². The standard InChI is InChI=1S/C18H21NO3/c1-12-7-5-6-8-15(12)19-18(20)11-14-10-17(22-4)16(21-3)9-13(14)2/h5-10H,11H2,1-4H3,(H,19,20). The van der Waals surface area contributed by atoms with E-state index in [0.717, 1.165) is 22.4 Å². The summed E-state index contributed by atoms with van der Waals surface area (Å²) in [4.78, 5) is 12.3. The fraction of sp³-hybridized carbons (Fsp3) is 0.278. The molecule has 2 aromatic rings. The summed E-state index contributed by atoms with van der Waals surface area (Å²) >= 11 is 0. The highest BCUT2D eigenvalue weighted by atomic mass is 16.5. The number of rotatable bonds is 5. The number of hydrogen-bond donors (Lipinski definition) is 1. The smallest absolute Gasteiger partial charge is 0.228 e. The Kier molecular flexibility index (Phi) is 5.04. The molecule has 116 valence electrons. The molecule has 0 bridgehead atoms. The summed E-state index contributed by atoms with van der Waals surface area (Å²) < 4.78 is 10.6. The SMILES string of the molecule is COc1cc(C)c(CC(=O)Nc2ccccc2C)cc1OC. The average molecular weight is 299 g/mol. The van der Waals surface area contributed by atoms with Gasteiger partial charge in [0.25, 0.3) is 0 Å². The number of hydrogen-bond acceptors (Lipinski definition) is 3. The monoisotopic (exact) mass is 299 g/mol. The van der Waals surface area contributed by atoms with Gasteiger partial charge < -0.3 is 14.8 Å². The molecule has 0 spiro atoms. The number of benzene rings is 2. The molecular weight excluding hydrogens is 278 g/mol. The highest BCUT2D eigenvalue weighted by Gasteiger charge is 2.12. The van der Waals surface area contributed by atoms with E-state index in [9.17, 15) is 4.79 Å². The fourth-order valence-corrected chi connectivity index (χ4v) is 2.29. The summed E-state index contributed by atoms with van der Waals surface area (Å²) in [6.45, 7) is 3.93. The van der Waals surface area contributed by atoms with Gasteiger partial charge in [0.15, 0.2) is 11.5 Å². The lowest BCUT2D eigenvalue weighted by molar-refractivity contribution is -0.115. The first-order chi connectivity index (χ1) is 10.5. The van der Waals surface area contributed by atoms with Gasteiger partial charge in [0.05, 0.1) is 20.6 Å². The second-order valence-electron chi connectivity index (χ2n) is 5.17. The van der Waals surface area contributed by atoms with Crippen LogP contribution in [0.25, 0.3) is 0 Å². The Labute approximate surface area is 131 Å². The molecule has 0 saturated carbocycles. The maximum absolute atomic E-state index is 12.3. The van der Waals surface area contributed by atoms with Gasteiger partial charge in [0.2, 0.25) is 5.91 Å². The third-order valence-corrected chi connectivity index (χ3v) is 3.61. The predicted octanol–water partition coefficient (Wildman–Crippen LogP) is 3.50. The van der Waals surface area contributed by atoms with Crippen molar-refractivity contribution in [2.45, 2.75) is 20.3 Å². The molecule has 0 saturated heterocycles. The molecule has 0 atom stereocenters. The van der Waals surface area contributed by atoms with E-state index in [2.05, 4.69) is 5.32 Å². The Hall–Kier alpha value is -2.49. The molecule has 0 aliphatic rings. The molecular formula is C18H21NO3. The van der Waals surface area contributed by atoms with E-state index >= 15 is 0 Å². The van der Waals surface area contributed by atoms with Crippen LogP contribution >= 0.6 is 0 Å². The van der Waals surface area contributed by atoms with Gasteiger partial charge in [0.1, 0.15) is 0 Å². The number of methoxy groups -OCH3 is 2. The van der Waals surface area contributed by atoms with Crippen molar-refractivity contribution in [2.75, 3.05) is 19.5 Å². The third-order valence-electron chi connectivity index (χ3n) is 3.61. The van der Waals surface area contributed by atoms with Crippen LogP contribution in [-0.2, 0) is 11.2 Å². The van der Waals surface area contributed by atoms with Gasteiger partial charge in [-0.2, -0.15) is 0 Å². The first-order valence-corrected chi connectivity index (χ1v) is 7.12. The quantitative estimate of drug-likeness (QED) is 0.919. The highest BCUT2D eigenvalue weighted by molar-refractivity contribution is 5.93. The van der Waals surface area contributed by atoms with Gasteiger partial charge in [-0.15, -0.1) is 0 Å². The molecule has 0 unspecified atom stereocenters. The fourth-order valence-electron chi connectivity index (χ4n) is 2.29. The second-order valence-corrected chi connectivity index (χ2v) is 5.17. The van der Waals surface area contributed by atoms with Crippen LogP contribution in [0.4, 0.5) is 5.69 Å². The summed E-state index contributed by atoms with van der Waals surface area (Å²) in [5.74, 6) is 1.25. The predicted molar refractivity (Wildman–Crippen MR) is 87.8 cm³/mol. The maximum atomic E-state index is 12.3. The van der Waals surface area contributed by atoms with Crippen LogP contribution in [-0.4, -0.2) is 20.1 Å². The first kappa shape index (κ1) is 15.9. The van der Waals surface area contributed by atoms with Crippen LogP contribution in [0, 0.1) is 13.8 Å². The van der Waals surface area contributed by atoms with Gasteiger partial charge in [-0.1, -0.05) is 18.2 Å². The van der Waals surface area contributed by atoms with Crippen molar-refractivity contribution in [1.29, 1.82) is 0 Å². The minimum absolute atomic E-state index is 0.0513. The summed E-state index contributed by atoms with van der Waals surface area (Å²) in [5, 5.41) is 2.94. The van der Waals surface area contributed by atoms with Crippen LogP contribution in [0.1, 0.15) is 16.7 Å². The lowest BCUT2D eigenvalue weighted by Crippen LogP contribution is -2.15. The molecule has 0 aromatic heterocycles. The molecule has 2 rings (SSSR count). The largest absolute Gasteiger partial charge is 0.493 e. The van der Waals surface area contributed by atoms with E-state index in [1.165, 1.54) is 0 Å². The summed E-state index contributed by atoms with van der Waals surface area (Å²) in [6.07, 6.45) is 0.292. The Morgan fingerprint density at radius 1 is 1.00 bits per heavy atom. The molecule has 1 N–H and O–H groups in total. The lowest BCUT2D eigenvalue weighted by atomic mass is 10.0. The minimum atomic E-state index is -0.0513. The lowest BCUT2D eigenvalue weighted by Gasteiger charge is -2.13. The van der Waals surface area contributed by atoms with E-state index in [0.29, 0.717) is 17.9 Å². The Morgan fingerprint density at radius 3 is 2.27 bits per heavy atom. The minimum Gasteiger partial charge on any atom is -0.493 e. The maximum Gasteiger partial charge on any atom is 0.228 e. The van der Waals surface area contributed by atoms with Crippen LogP contribution < -0.4 is 14.8 Å². The molecule has 1 amide bonds. The van der Waals surface area contributed by atoms with Crippen molar-refractivity contribution in [3.05, 3.63) is 53.1 Å². The van der Waals surface area contributed by atoms with Crippen LogP contribution in [0.3, 0.4) is 0 Å². The molecule has 0 heterocycles. The van der Waals surface area contributed by atoms with Crippen molar-refractivity contribution >= 4 is 11.6 Å². The number of carbonyl (C=O) groups excluding carboxylic acids is 1. The number of nitrogens with one attached hydrogen (secondary N) is 1. The molecule has 0 radical (unpaired) electrons. The van der Waals surface area contributed by atoms with Gasteiger partial charge >= 0.3 is 0 Å². The molecule has 4 heteroatoms. The second kappa shape index (κ2) is 6.98. The topological polar surface area (TPSA) is 47.6 Å². The molecule has 22 heavy (non-hydrogen) atoms. The Morgan fingerprint density at radius 2 is 1.64 bits per heavy atom. The Balaban J connectivity index is 2.16. The zero-order chi connectivity index (χ0) is 16.1. The Bertz CT molecular complexity index is 680. The number of amides is 1. The molecule has 0 aliphatic carbocycles. The van der Waals surface area contributed by atoms with Crippen molar-refractivity contribution in [3.63, 3.8) is 0 Å². The summed E-state index contributed by atoms with van der Waals surface area (Å²) in [5.41, 5.74) is 3.80. The van der Waals surface area contributed by atoms with Gasteiger partial charge in [-0.25, -0.2) is 0 Å². The van der Waals surface area contributed by atoms with Crippen molar-refractivity contribution in [3.8, 4) is 11.5 Å². The van der Waals surface area contributed by atoms with Crippen molar-refractivity contribution < 1.29 is 14.3 Å². The van der Waals surface area contributed by atoms with Gasteiger partial charge in [-0.05, 0) is 48.7 Å². The van der Waals surface area contributed by atoms with Crippen LogP contribution in [0.2, 0.25) is 0 Å². The molecule has 0 aliphatic heterocycles. The average Bonchev–Trinajstić information content (AvgIpc) is 2.51. The van der Waals surface area contributed by atoms with Crippen LogP contribution in [0.5, 0.6) is 11.5 Å². The molecule has 0 fully saturated rings. The summed E-state index contributed by atoms with van der Waals surface area (Å²) in [6, 6.07) is 11.5. The number of para-hydroxylation sites is 1. The third kappa shape index (κ3) is 3.58. The van der Waals surface area contributed by atoms with Crippen LogP contribution in [0.15, 0.2) is 36.4 Å². The van der Waals surface area contributed by atoms with E-state index < -0.39 is 0 Å². The van der Waals surface area contributed by atoms with Crippen molar-refractivity contribution in [1.82, 2.24) is 0 Å². The summed E-state index contributed by atoms with van der Waals surface area (Å²) in [7, 11) is 3.19. The number of carbonyl (C=O) groups is 1. The van der Waals surface area contributed by atoms with E-state index in [1.807, 2.05) is 50.2 Å². The zero-order valence-electron chi connectivity index (χ0n) is 13.4. The first-order valence-electron chi connectivity index (χ1n) is 7.12. The zero-order valence-corrected chi connectivity index (χ0v) is 13.4. The normalized spacial score (nSPS) is 10.2. The van der Waals surface area contributed by atoms with Gasteiger partial charge in [-0.3, -0.25) is 4.79 Å². The van der Waals surface area contributed by atoms with E-state index in [1.54, 1.807) is 14.2 Å². The molecule has 4 nitrogen and oxygen atoms in total. The highest BCUT2D eigenvalue weighted by Crippen LogP contribution is 2.30. The van der Waals surface area contributed by atoms with E-state index in [4.69, 9.17) is 9.47 Å². The van der Waals surface area contributed by atoms with E-state index in [-0.39, 0.29) is 5.91 Å². The van der Waals surface area contributed by atoms with Gasteiger partial charge in [0, 0.05) is 5.69 Å². The molecule has 2 aromatic carbocycles. The number of anilines is 1. The number of ether oxygens (including phenoxy) is 2.